The summed E-state index contributed by atoms with van der Waals surface area (Å²) in [5, 5.41) is 0. The summed E-state index contributed by atoms with van der Waals surface area (Å²) in [7, 11) is 0. The highest BCUT2D eigenvalue weighted by Gasteiger charge is 2.30. The molecule has 2 heteroatoms. The Hall–Kier alpha value is -0.0800. The van der Waals surface area contributed by atoms with E-state index in [1.165, 1.54) is 58.2 Å². The lowest BCUT2D eigenvalue weighted by Gasteiger charge is -2.41. The lowest BCUT2D eigenvalue weighted by molar-refractivity contribution is 0.0866. The molecule has 0 aromatic heterocycles. The van der Waals surface area contributed by atoms with Gasteiger partial charge in [0.2, 0.25) is 0 Å². The molecule has 1 aliphatic heterocycles. The van der Waals surface area contributed by atoms with Gasteiger partial charge in [0.25, 0.3) is 0 Å². The average Bonchev–Trinajstić information content (AvgIpc) is 2.26. The summed E-state index contributed by atoms with van der Waals surface area (Å²) in [5.41, 5.74) is 5.55. The van der Waals surface area contributed by atoms with Crippen molar-refractivity contribution in [2.75, 3.05) is 26.2 Å². The molecule has 0 amide bonds. The Morgan fingerprint density at radius 3 is 2.64 bits per heavy atom. The molecule has 14 heavy (non-hydrogen) atoms. The highest BCUT2D eigenvalue weighted by molar-refractivity contribution is 4.83. The predicted octanol–water partition coefficient (Wildman–Crippen LogP) is 1.85. The molecule has 0 aromatic rings. The van der Waals surface area contributed by atoms with Crippen LogP contribution in [0.1, 0.15) is 38.5 Å². The largest absolute Gasteiger partial charge is 0.330 e. The van der Waals surface area contributed by atoms with Crippen LogP contribution in [0.5, 0.6) is 0 Å². The zero-order valence-corrected chi connectivity index (χ0v) is 9.25. The maximum Gasteiger partial charge on any atom is 0.00123 e. The van der Waals surface area contributed by atoms with E-state index in [9.17, 15) is 0 Å². The van der Waals surface area contributed by atoms with Gasteiger partial charge in [0.05, 0.1) is 0 Å². The Morgan fingerprint density at radius 2 is 1.86 bits per heavy atom. The molecule has 1 saturated carbocycles. The second-order valence-electron chi connectivity index (χ2n) is 5.04. The van der Waals surface area contributed by atoms with Crippen molar-refractivity contribution in [3.05, 3.63) is 0 Å². The summed E-state index contributed by atoms with van der Waals surface area (Å²) in [6, 6.07) is 0. The molecule has 0 spiro atoms. The number of rotatable bonds is 3. The first-order valence-corrected chi connectivity index (χ1v) is 6.32. The highest BCUT2D eigenvalue weighted by atomic mass is 15.1. The van der Waals surface area contributed by atoms with Gasteiger partial charge in [-0.1, -0.05) is 19.3 Å². The molecule has 1 aliphatic carbocycles. The first-order chi connectivity index (χ1) is 6.90. The van der Waals surface area contributed by atoms with Gasteiger partial charge >= 0.3 is 0 Å². The van der Waals surface area contributed by atoms with Crippen molar-refractivity contribution in [3.8, 4) is 0 Å². The van der Waals surface area contributed by atoms with Crippen molar-refractivity contribution >= 4 is 0 Å². The molecule has 0 radical (unpaired) electrons. The molecular formula is C12H24N2. The standard InChI is InChI=1S/C12H24N2/c13-7-3-8-14-9-6-11-4-1-2-5-12(11)10-14/h11-12H,1-10,13H2. The number of nitrogens with two attached hydrogens (primary N) is 1. The maximum atomic E-state index is 5.55. The van der Waals surface area contributed by atoms with E-state index in [1.807, 2.05) is 0 Å². The molecule has 1 saturated heterocycles. The van der Waals surface area contributed by atoms with Gasteiger partial charge in [-0.3, -0.25) is 0 Å². The van der Waals surface area contributed by atoms with E-state index in [-0.39, 0.29) is 0 Å². The van der Waals surface area contributed by atoms with Crippen molar-refractivity contribution in [3.63, 3.8) is 0 Å². The third kappa shape index (κ3) is 2.48. The highest BCUT2D eigenvalue weighted by Crippen LogP contribution is 2.35. The molecule has 2 nitrogen and oxygen atoms in total. The minimum atomic E-state index is 0.852. The predicted molar refractivity (Wildman–Crippen MR) is 60.2 cm³/mol. The van der Waals surface area contributed by atoms with Gasteiger partial charge in [0.15, 0.2) is 0 Å². The average molecular weight is 196 g/mol. The third-order valence-corrected chi connectivity index (χ3v) is 4.05. The number of likely N-dealkylation sites (tertiary alicyclic amines) is 1. The smallest absolute Gasteiger partial charge is 0.00123 e. The number of nitrogens with zero attached hydrogens (tertiary/aromatic N) is 1. The van der Waals surface area contributed by atoms with E-state index < -0.39 is 0 Å². The fourth-order valence-electron chi connectivity index (χ4n) is 3.19. The maximum absolute atomic E-state index is 5.55. The zero-order chi connectivity index (χ0) is 9.80. The van der Waals surface area contributed by atoms with Crippen LogP contribution in [0.2, 0.25) is 0 Å². The molecule has 1 heterocycles. The summed E-state index contributed by atoms with van der Waals surface area (Å²) in [6.45, 7) is 4.79. The van der Waals surface area contributed by atoms with Crippen LogP contribution < -0.4 is 5.73 Å². The topological polar surface area (TPSA) is 29.3 Å². The van der Waals surface area contributed by atoms with Crippen molar-refractivity contribution in [1.29, 1.82) is 0 Å². The Morgan fingerprint density at radius 1 is 1.07 bits per heavy atom. The fourth-order valence-corrected chi connectivity index (χ4v) is 3.19. The van der Waals surface area contributed by atoms with Gasteiger partial charge in [-0.2, -0.15) is 0 Å². The van der Waals surface area contributed by atoms with Gasteiger partial charge in [-0.15, -0.1) is 0 Å². The first-order valence-electron chi connectivity index (χ1n) is 6.32. The second-order valence-corrected chi connectivity index (χ2v) is 5.04. The lowest BCUT2D eigenvalue weighted by atomic mass is 9.75. The van der Waals surface area contributed by atoms with Crippen LogP contribution in [0, 0.1) is 11.8 Å². The summed E-state index contributed by atoms with van der Waals surface area (Å²) < 4.78 is 0. The van der Waals surface area contributed by atoms with Crippen LogP contribution in [0.4, 0.5) is 0 Å². The minimum Gasteiger partial charge on any atom is -0.330 e. The molecule has 2 unspecified atom stereocenters. The van der Waals surface area contributed by atoms with E-state index in [2.05, 4.69) is 4.90 Å². The Balaban J connectivity index is 1.77. The van der Waals surface area contributed by atoms with E-state index in [1.54, 1.807) is 0 Å². The van der Waals surface area contributed by atoms with Gasteiger partial charge in [-0.05, 0) is 50.7 Å². The SMILES string of the molecule is NCCCN1CCC2CCCCC2C1. The molecule has 0 aromatic carbocycles. The van der Waals surface area contributed by atoms with Gasteiger partial charge < -0.3 is 10.6 Å². The quantitative estimate of drug-likeness (QED) is 0.746. The fraction of sp³-hybridized carbons (Fsp3) is 1.00. The van der Waals surface area contributed by atoms with Gasteiger partial charge in [-0.25, -0.2) is 0 Å². The Kier molecular flexibility index (Phi) is 3.82. The molecular weight excluding hydrogens is 172 g/mol. The van der Waals surface area contributed by atoms with Crippen molar-refractivity contribution in [1.82, 2.24) is 4.90 Å². The van der Waals surface area contributed by atoms with E-state index in [4.69, 9.17) is 5.73 Å². The summed E-state index contributed by atoms with van der Waals surface area (Å²) in [6.07, 6.45) is 8.60. The number of hydrogen-bond acceptors (Lipinski definition) is 2. The number of piperidine rings is 1. The van der Waals surface area contributed by atoms with Crippen LogP contribution in [0.25, 0.3) is 0 Å². The summed E-state index contributed by atoms with van der Waals surface area (Å²) in [4.78, 5) is 2.64. The molecule has 2 fully saturated rings. The molecule has 0 bridgehead atoms. The number of hydrogen-bond donors (Lipinski definition) is 1. The molecule has 2 aliphatic rings. The van der Waals surface area contributed by atoms with E-state index >= 15 is 0 Å². The third-order valence-electron chi connectivity index (χ3n) is 4.05. The minimum absolute atomic E-state index is 0.852. The van der Waals surface area contributed by atoms with Crippen LogP contribution >= 0.6 is 0 Å². The summed E-state index contributed by atoms with van der Waals surface area (Å²) in [5.74, 6) is 2.09. The molecule has 2 N–H and O–H groups in total. The van der Waals surface area contributed by atoms with E-state index in [0.717, 1.165) is 18.4 Å². The summed E-state index contributed by atoms with van der Waals surface area (Å²) >= 11 is 0. The van der Waals surface area contributed by atoms with Crippen LogP contribution in [0.3, 0.4) is 0 Å². The monoisotopic (exact) mass is 196 g/mol. The molecule has 82 valence electrons. The second kappa shape index (κ2) is 5.13. The van der Waals surface area contributed by atoms with Crippen molar-refractivity contribution in [2.24, 2.45) is 17.6 Å². The van der Waals surface area contributed by atoms with Crippen LogP contribution in [-0.2, 0) is 0 Å². The van der Waals surface area contributed by atoms with Crippen molar-refractivity contribution in [2.45, 2.75) is 38.5 Å². The van der Waals surface area contributed by atoms with Crippen LogP contribution in [0.15, 0.2) is 0 Å². The number of fused-ring (bicyclic) bond motifs is 1. The Labute approximate surface area is 87.8 Å². The lowest BCUT2D eigenvalue weighted by Crippen LogP contribution is -2.42. The van der Waals surface area contributed by atoms with Gasteiger partial charge in [0.1, 0.15) is 0 Å². The van der Waals surface area contributed by atoms with Crippen molar-refractivity contribution < 1.29 is 0 Å². The normalized spacial score (nSPS) is 34.1. The molecule has 2 rings (SSSR count). The first kappa shape index (κ1) is 10.4. The van der Waals surface area contributed by atoms with Gasteiger partial charge in [0, 0.05) is 6.54 Å². The van der Waals surface area contributed by atoms with Crippen LogP contribution in [-0.4, -0.2) is 31.1 Å². The van der Waals surface area contributed by atoms with E-state index in [0.29, 0.717) is 0 Å². The zero-order valence-electron chi connectivity index (χ0n) is 9.25. The molecule has 2 atom stereocenters. The Bertz CT molecular complexity index is 170.